The zero-order chi connectivity index (χ0) is 18.0. The second-order valence-corrected chi connectivity index (χ2v) is 7.08. The van der Waals surface area contributed by atoms with Gasteiger partial charge in [0.2, 0.25) is 5.91 Å². The van der Waals surface area contributed by atoms with Crippen LogP contribution in [-0.2, 0) is 4.79 Å². The van der Waals surface area contributed by atoms with Gasteiger partial charge < -0.3 is 5.32 Å². The van der Waals surface area contributed by atoms with E-state index >= 15 is 0 Å². The van der Waals surface area contributed by atoms with Crippen LogP contribution in [0.1, 0.15) is 105 Å². The van der Waals surface area contributed by atoms with E-state index in [9.17, 15) is 4.79 Å². The molecule has 24 heavy (non-hydrogen) atoms. The number of unbranched alkanes of at least 4 members (excludes halogenated alkanes) is 11. The molecule has 0 radical (unpaired) electrons. The third-order valence-corrected chi connectivity index (χ3v) is 5.07. The van der Waals surface area contributed by atoms with Crippen molar-refractivity contribution in [1.29, 1.82) is 0 Å². The third-order valence-electron chi connectivity index (χ3n) is 5.07. The predicted octanol–water partition coefficient (Wildman–Crippen LogP) is 5.53. The molecule has 0 aromatic carbocycles. The van der Waals surface area contributed by atoms with Crippen LogP contribution in [0.3, 0.4) is 0 Å². The van der Waals surface area contributed by atoms with E-state index < -0.39 is 0 Å². The zero-order valence-corrected chi connectivity index (χ0v) is 17.0. The highest BCUT2D eigenvalue weighted by molar-refractivity contribution is 5.81. The number of likely N-dealkylation sites (N-methyl/N-ethyl adjacent to an activating group) is 1. The van der Waals surface area contributed by atoms with Crippen LogP contribution in [-0.4, -0.2) is 36.5 Å². The van der Waals surface area contributed by atoms with Crippen LogP contribution in [0.2, 0.25) is 0 Å². The fourth-order valence-corrected chi connectivity index (χ4v) is 3.26. The van der Waals surface area contributed by atoms with Gasteiger partial charge in [0.05, 0.1) is 6.04 Å². The van der Waals surface area contributed by atoms with E-state index in [1.165, 1.54) is 70.6 Å². The van der Waals surface area contributed by atoms with Crippen molar-refractivity contribution in [2.45, 2.75) is 111 Å². The number of rotatable bonds is 17. The molecule has 0 bridgehead atoms. The van der Waals surface area contributed by atoms with Crippen molar-refractivity contribution < 1.29 is 4.79 Å². The molecule has 0 spiro atoms. The van der Waals surface area contributed by atoms with Crippen LogP contribution < -0.4 is 5.32 Å². The van der Waals surface area contributed by atoms with Crippen LogP contribution in [0.4, 0.5) is 0 Å². The first-order valence-corrected chi connectivity index (χ1v) is 10.7. The molecule has 0 aromatic heterocycles. The van der Waals surface area contributed by atoms with Gasteiger partial charge in [-0.05, 0) is 26.4 Å². The summed E-state index contributed by atoms with van der Waals surface area (Å²) in [5.41, 5.74) is 0. The fraction of sp³-hybridized carbons (Fsp3) is 0.952. The average molecular weight is 341 g/mol. The zero-order valence-electron chi connectivity index (χ0n) is 17.0. The smallest absolute Gasteiger partial charge is 0.237 e. The number of hydrogen-bond donors (Lipinski definition) is 1. The van der Waals surface area contributed by atoms with Gasteiger partial charge >= 0.3 is 0 Å². The van der Waals surface area contributed by atoms with Crippen LogP contribution >= 0.6 is 0 Å². The number of hydrogen-bond acceptors (Lipinski definition) is 2. The molecular weight excluding hydrogens is 296 g/mol. The number of carbonyl (C=O) groups is 1. The fourth-order valence-electron chi connectivity index (χ4n) is 3.26. The van der Waals surface area contributed by atoms with Gasteiger partial charge in [0.1, 0.15) is 0 Å². The summed E-state index contributed by atoms with van der Waals surface area (Å²) in [4.78, 5) is 14.2. The molecule has 3 nitrogen and oxygen atoms in total. The Kier molecular flexibility index (Phi) is 16.8. The molecular formula is C21H44N2O. The molecule has 0 fully saturated rings. The molecule has 1 N–H and O–H groups in total. The quantitative estimate of drug-likeness (QED) is 0.353. The molecule has 0 aromatic rings. The first-order valence-electron chi connectivity index (χ1n) is 10.7. The summed E-state index contributed by atoms with van der Waals surface area (Å²) < 4.78 is 0. The maximum absolute atomic E-state index is 12.1. The van der Waals surface area contributed by atoms with E-state index in [2.05, 4.69) is 31.0 Å². The van der Waals surface area contributed by atoms with E-state index in [0.29, 0.717) is 0 Å². The minimum Gasteiger partial charge on any atom is -0.355 e. The molecule has 0 rings (SSSR count). The number of nitrogens with zero attached hydrogens (tertiary/aromatic N) is 1. The standard InChI is InChI=1S/C21H44N2O/c1-5-8-9-10-11-12-13-14-15-16-17-18-19-22-21(24)20(4)23(6-2)7-3/h20H,5-19H2,1-4H3,(H,22,24). The SMILES string of the molecule is CCCCCCCCCCCCCCNC(=O)C(C)N(CC)CC. The lowest BCUT2D eigenvalue weighted by Gasteiger charge is -2.25. The van der Waals surface area contributed by atoms with Crippen LogP contribution in [0.5, 0.6) is 0 Å². The molecule has 0 aliphatic heterocycles. The maximum Gasteiger partial charge on any atom is 0.237 e. The highest BCUT2D eigenvalue weighted by Gasteiger charge is 2.17. The van der Waals surface area contributed by atoms with Crippen LogP contribution in [0.25, 0.3) is 0 Å². The monoisotopic (exact) mass is 340 g/mol. The Labute approximate surface area is 152 Å². The summed E-state index contributed by atoms with van der Waals surface area (Å²) in [6.07, 6.45) is 16.3. The average Bonchev–Trinajstić information content (AvgIpc) is 2.59. The Hall–Kier alpha value is -0.570. The van der Waals surface area contributed by atoms with E-state index in [1.807, 2.05) is 6.92 Å². The first kappa shape index (κ1) is 23.4. The molecule has 1 amide bonds. The first-order chi connectivity index (χ1) is 11.7. The molecule has 0 saturated heterocycles. The van der Waals surface area contributed by atoms with Gasteiger partial charge in [-0.15, -0.1) is 0 Å². The lowest BCUT2D eigenvalue weighted by atomic mass is 10.1. The molecule has 1 unspecified atom stereocenters. The molecule has 0 aliphatic carbocycles. The van der Waals surface area contributed by atoms with Gasteiger partial charge in [-0.2, -0.15) is 0 Å². The molecule has 0 heterocycles. The Bertz CT molecular complexity index is 277. The normalized spacial score (nSPS) is 12.5. The summed E-state index contributed by atoms with van der Waals surface area (Å²) in [6.45, 7) is 11.2. The van der Waals surface area contributed by atoms with Crippen molar-refractivity contribution in [1.82, 2.24) is 10.2 Å². The summed E-state index contributed by atoms with van der Waals surface area (Å²) in [5, 5.41) is 3.09. The van der Waals surface area contributed by atoms with E-state index in [0.717, 1.165) is 26.1 Å². The Morgan fingerprint density at radius 1 is 0.750 bits per heavy atom. The molecule has 3 heteroatoms. The van der Waals surface area contributed by atoms with Crippen molar-refractivity contribution >= 4 is 5.91 Å². The maximum atomic E-state index is 12.1. The molecule has 144 valence electrons. The van der Waals surface area contributed by atoms with Crippen molar-refractivity contribution in [2.24, 2.45) is 0 Å². The Morgan fingerprint density at radius 3 is 1.58 bits per heavy atom. The lowest BCUT2D eigenvalue weighted by Crippen LogP contribution is -2.45. The highest BCUT2D eigenvalue weighted by Crippen LogP contribution is 2.11. The number of carbonyl (C=O) groups excluding carboxylic acids is 1. The van der Waals surface area contributed by atoms with Gasteiger partial charge in [0.25, 0.3) is 0 Å². The minimum atomic E-state index is -0.00248. The van der Waals surface area contributed by atoms with Crippen LogP contribution in [0, 0.1) is 0 Å². The minimum absolute atomic E-state index is 0.00248. The Morgan fingerprint density at radius 2 is 1.17 bits per heavy atom. The van der Waals surface area contributed by atoms with E-state index in [4.69, 9.17) is 0 Å². The van der Waals surface area contributed by atoms with Crippen molar-refractivity contribution in [3.63, 3.8) is 0 Å². The van der Waals surface area contributed by atoms with Gasteiger partial charge in [0.15, 0.2) is 0 Å². The number of nitrogens with one attached hydrogen (secondary N) is 1. The van der Waals surface area contributed by atoms with Crippen molar-refractivity contribution in [3.8, 4) is 0 Å². The van der Waals surface area contributed by atoms with Gasteiger partial charge in [-0.1, -0.05) is 91.4 Å². The Balaban J connectivity index is 3.34. The second-order valence-electron chi connectivity index (χ2n) is 7.08. The summed E-state index contributed by atoms with van der Waals surface area (Å²) in [6, 6.07) is -0.00248. The lowest BCUT2D eigenvalue weighted by molar-refractivity contribution is -0.125. The summed E-state index contributed by atoms with van der Waals surface area (Å²) in [7, 11) is 0. The summed E-state index contributed by atoms with van der Waals surface area (Å²) in [5.74, 6) is 0.182. The van der Waals surface area contributed by atoms with Crippen molar-refractivity contribution in [3.05, 3.63) is 0 Å². The largest absolute Gasteiger partial charge is 0.355 e. The number of amides is 1. The van der Waals surface area contributed by atoms with Gasteiger partial charge in [-0.3, -0.25) is 9.69 Å². The molecule has 0 aliphatic rings. The molecule has 1 atom stereocenters. The van der Waals surface area contributed by atoms with E-state index in [1.54, 1.807) is 0 Å². The predicted molar refractivity (Wildman–Crippen MR) is 106 cm³/mol. The second kappa shape index (κ2) is 17.3. The van der Waals surface area contributed by atoms with E-state index in [-0.39, 0.29) is 11.9 Å². The highest BCUT2D eigenvalue weighted by atomic mass is 16.2. The van der Waals surface area contributed by atoms with Gasteiger partial charge in [0, 0.05) is 6.54 Å². The summed E-state index contributed by atoms with van der Waals surface area (Å²) >= 11 is 0. The molecule has 0 saturated carbocycles. The topological polar surface area (TPSA) is 32.3 Å². The van der Waals surface area contributed by atoms with Crippen molar-refractivity contribution in [2.75, 3.05) is 19.6 Å². The van der Waals surface area contributed by atoms with Gasteiger partial charge in [-0.25, -0.2) is 0 Å². The van der Waals surface area contributed by atoms with Crippen LogP contribution in [0.15, 0.2) is 0 Å². The third kappa shape index (κ3) is 12.8.